The summed E-state index contributed by atoms with van der Waals surface area (Å²) in [4.78, 5) is 4.42. The first kappa shape index (κ1) is 11.5. The third-order valence-electron chi connectivity index (χ3n) is 3.34. The average molecular weight is 225 g/mol. The summed E-state index contributed by atoms with van der Waals surface area (Å²) in [5.41, 5.74) is 0.0250. The van der Waals surface area contributed by atoms with Gasteiger partial charge in [-0.05, 0) is 25.8 Å². The zero-order chi connectivity index (χ0) is 11.4. The lowest BCUT2D eigenvalue weighted by atomic mass is 9.78. The number of hydrogen-bond donors (Lipinski definition) is 1. The molecule has 0 aromatic carbocycles. The summed E-state index contributed by atoms with van der Waals surface area (Å²) >= 11 is 0. The van der Waals surface area contributed by atoms with Crippen LogP contribution in [0.25, 0.3) is 0 Å². The maximum atomic E-state index is 5.37. The Kier molecular flexibility index (Phi) is 3.56. The van der Waals surface area contributed by atoms with Gasteiger partial charge in [0.1, 0.15) is 6.61 Å². The molecule has 1 atom stereocenters. The van der Waals surface area contributed by atoms with Crippen LogP contribution in [0.15, 0.2) is 4.52 Å². The molecule has 1 aliphatic heterocycles. The van der Waals surface area contributed by atoms with Crippen molar-refractivity contribution in [2.24, 2.45) is 0 Å². The Morgan fingerprint density at radius 2 is 2.44 bits per heavy atom. The van der Waals surface area contributed by atoms with Crippen LogP contribution in [-0.4, -0.2) is 30.3 Å². The number of nitrogens with one attached hydrogen (secondary N) is 1. The zero-order valence-electron chi connectivity index (χ0n) is 9.95. The molecule has 0 saturated carbocycles. The van der Waals surface area contributed by atoms with Gasteiger partial charge in [-0.15, -0.1) is 0 Å². The van der Waals surface area contributed by atoms with Crippen LogP contribution >= 0.6 is 0 Å². The minimum atomic E-state index is 0.0250. The Morgan fingerprint density at radius 3 is 3.06 bits per heavy atom. The second kappa shape index (κ2) is 4.93. The molecule has 1 saturated heterocycles. The lowest BCUT2D eigenvalue weighted by molar-refractivity contribution is 0.174. The summed E-state index contributed by atoms with van der Waals surface area (Å²) < 4.78 is 10.4. The van der Waals surface area contributed by atoms with Gasteiger partial charge < -0.3 is 14.6 Å². The summed E-state index contributed by atoms with van der Waals surface area (Å²) in [6.07, 6.45) is 3.30. The van der Waals surface area contributed by atoms with E-state index in [1.54, 1.807) is 7.11 Å². The van der Waals surface area contributed by atoms with Crippen molar-refractivity contribution in [2.75, 3.05) is 20.2 Å². The molecule has 1 aromatic heterocycles. The standard InChI is InChI=1S/C11H19N3O2/c1-3-11(5-4-6-12-8-11)10-13-9(7-15-2)14-16-10/h12H,3-8H2,1-2H3. The molecule has 1 unspecified atom stereocenters. The van der Waals surface area contributed by atoms with Crippen molar-refractivity contribution in [1.29, 1.82) is 0 Å². The van der Waals surface area contributed by atoms with Gasteiger partial charge in [0.25, 0.3) is 0 Å². The van der Waals surface area contributed by atoms with Gasteiger partial charge in [0, 0.05) is 13.7 Å². The molecule has 0 radical (unpaired) electrons. The molecule has 2 rings (SSSR count). The number of nitrogens with zero attached hydrogens (tertiary/aromatic N) is 2. The van der Waals surface area contributed by atoms with Crippen LogP contribution in [0.2, 0.25) is 0 Å². The molecule has 0 amide bonds. The molecule has 1 aromatic rings. The Morgan fingerprint density at radius 1 is 1.56 bits per heavy atom. The summed E-state index contributed by atoms with van der Waals surface area (Å²) in [5.74, 6) is 1.39. The van der Waals surface area contributed by atoms with E-state index in [-0.39, 0.29) is 5.41 Å². The van der Waals surface area contributed by atoms with E-state index >= 15 is 0 Å². The summed E-state index contributed by atoms with van der Waals surface area (Å²) in [7, 11) is 1.63. The number of ether oxygens (including phenoxy) is 1. The maximum absolute atomic E-state index is 5.37. The molecule has 5 heteroatoms. The van der Waals surface area contributed by atoms with Gasteiger partial charge in [-0.3, -0.25) is 0 Å². The SMILES string of the molecule is CCC1(c2nc(COC)no2)CCCNC1. The fourth-order valence-corrected chi connectivity index (χ4v) is 2.26. The third kappa shape index (κ3) is 2.10. The van der Waals surface area contributed by atoms with Gasteiger partial charge in [-0.2, -0.15) is 4.98 Å². The van der Waals surface area contributed by atoms with Crippen molar-refractivity contribution in [1.82, 2.24) is 15.5 Å². The van der Waals surface area contributed by atoms with Gasteiger partial charge in [0.2, 0.25) is 5.89 Å². The Hall–Kier alpha value is -0.940. The number of methoxy groups -OCH3 is 1. The molecule has 90 valence electrons. The normalized spacial score (nSPS) is 25.9. The number of rotatable bonds is 4. The van der Waals surface area contributed by atoms with Crippen molar-refractivity contribution in [3.63, 3.8) is 0 Å². The minimum Gasteiger partial charge on any atom is -0.377 e. The van der Waals surface area contributed by atoms with E-state index in [0.29, 0.717) is 12.4 Å². The first-order valence-corrected chi connectivity index (χ1v) is 5.83. The number of piperidine rings is 1. The molecule has 5 nitrogen and oxygen atoms in total. The molecule has 0 spiro atoms. The van der Waals surface area contributed by atoms with Crippen LogP contribution in [0, 0.1) is 0 Å². The maximum Gasteiger partial charge on any atom is 0.234 e. The van der Waals surface area contributed by atoms with Crippen LogP contribution in [-0.2, 0) is 16.8 Å². The Bertz CT molecular complexity index is 332. The average Bonchev–Trinajstić information content (AvgIpc) is 2.80. The predicted molar refractivity (Wildman–Crippen MR) is 59.1 cm³/mol. The van der Waals surface area contributed by atoms with Gasteiger partial charge in [0.15, 0.2) is 5.82 Å². The van der Waals surface area contributed by atoms with Crippen molar-refractivity contribution in [3.05, 3.63) is 11.7 Å². The van der Waals surface area contributed by atoms with Crippen LogP contribution in [0.3, 0.4) is 0 Å². The Labute approximate surface area is 95.6 Å². The first-order chi connectivity index (χ1) is 7.80. The van der Waals surface area contributed by atoms with Crippen molar-refractivity contribution < 1.29 is 9.26 Å². The van der Waals surface area contributed by atoms with Crippen molar-refractivity contribution >= 4 is 0 Å². The quantitative estimate of drug-likeness (QED) is 0.835. The van der Waals surface area contributed by atoms with Crippen LogP contribution in [0.4, 0.5) is 0 Å². The number of aromatic nitrogens is 2. The molecule has 1 fully saturated rings. The monoisotopic (exact) mass is 225 g/mol. The fourth-order valence-electron chi connectivity index (χ4n) is 2.26. The molecular formula is C11H19N3O2. The van der Waals surface area contributed by atoms with Crippen LogP contribution < -0.4 is 5.32 Å². The van der Waals surface area contributed by atoms with E-state index in [1.807, 2.05) is 0 Å². The van der Waals surface area contributed by atoms with Gasteiger partial charge in [-0.1, -0.05) is 12.1 Å². The van der Waals surface area contributed by atoms with Gasteiger partial charge in [0.05, 0.1) is 5.41 Å². The van der Waals surface area contributed by atoms with E-state index in [9.17, 15) is 0 Å². The highest BCUT2D eigenvalue weighted by Crippen LogP contribution is 2.33. The van der Waals surface area contributed by atoms with Gasteiger partial charge in [-0.25, -0.2) is 0 Å². The molecule has 1 N–H and O–H groups in total. The molecule has 2 heterocycles. The van der Waals surface area contributed by atoms with E-state index in [4.69, 9.17) is 9.26 Å². The highest BCUT2D eigenvalue weighted by atomic mass is 16.5. The zero-order valence-corrected chi connectivity index (χ0v) is 9.95. The molecular weight excluding hydrogens is 206 g/mol. The van der Waals surface area contributed by atoms with E-state index in [0.717, 1.165) is 38.2 Å². The third-order valence-corrected chi connectivity index (χ3v) is 3.34. The first-order valence-electron chi connectivity index (χ1n) is 5.83. The molecule has 1 aliphatic rings. The van der Waals surface area contributed by atoms with Crippen LogP contribution in [0.1, 0.15) is 37.9 Å². The number of hydrogen-bond acceptors (Lipinski definition) is 5. The summed E-state index contributed by atoms with van der Waals surface area (Å²) in [5, 5.41) is 7.34. The van der Waals surface area contributed by atoms with E-state index < -0.39 is 0 Å². The molecule has 16 heavy (non-hydrogen) atoms. The topological polar surface area (TPSA) is 60.2 Å². The smallest absolute Gasteiger partial charge is 0.234 e. The largest absolute Gasteiger partial charge is 0.377 e. The summed E-state index contributed by atoms with van der Waals surface area (Å²) in [6, 6.07) is 0. The van der Waals surface area contributed by atoms with Crippen molar-refractivity contribution in [3.8, 4) is 0 Å². The lowest BCUT2D eigenvalue weighted by Gasteiger charge is -2.33. The second-order valence-corrected chi connectivity index (χ2v) is 4.36. The Balaban J connectivity index is 2.18. The minimum absolute atomic E-state index is 0.0250. The second-order valence-electron chi connectivity index (χ2n) is 4.36. The lowest BCUT2D eigenvalue weighted by Crippen LogP contribution is -2.43. The summed E-state index contributed by atoms with van der Waals surface area (Å²) in [6.45, 7) is 4.60. The van der Waals surface area contributed by atoms with Crippen molar-refractivity contribution in [2.45, 2.75) is 38.2 Å². The van der Waals surface area contributed by atoms with Crippen LogP contribution in [0.5, 0.6) is 0 Å². The highest BCUT2D eigenvalue weighted by molar-refractivity contribution is 5.07. The fraction of sp³-hybridized carbons (Fsp3) is 0.818. The van der Waals surface area contributed by atoms with E-state index in [2.05, 4.69) is 22.4 Å². The van der Waals surface area contributed by atoms with E-state index in [1.165, 1.54) is 0 Å². The predicted octanol–water partition coefficient (Wildman–Crippen LogP) is 1.25. The highest BCUT2D eigenvalue weighted by Gasteiger charge is 2.37. The molecule has 0 bridgehead atoms. The van der Waals surface area contributed by atoms with Gasteiger partial charge >= 0.3 is 0 Å². The molecule has 0 aliphatic carbocycles.